The lowest BCUT2D eigenvalue weighted by Crippen LogP contribution is -2.35. The van der Waals surface area contributed by atoms with Crippen LogP contribution in [0.1, 0.15) is 33.6 Å². The lowest BCUT2D eigenvalue weighted by Gasteiger charge is -2.29. The van der Waals surface area contributed by atoms with Crippen LogP contribution in [-0.2, 0) is 0 Å². The molecule has 1 amide bonds. The molecule has 7 nitrogen and oxygen atoms in total. The number of hydrogen-bond acceptors (Lipinski definition) is 6. The normalized spacial score (nSPS) is 13.3. The topological polar surface area (TPSA) is 77.1 Å². The van der Waals surface area contributed by atoms with Gasteiger partial charge in [0.1, 0.15) is 23.4 Å². The van der Waals surface area contributed by atoms with Crippen molar-refractivity contribution in [2.24, 2.45) is 0 Å². The van der Waals surface area contributed by atoms with Gasteiger partial charge < -0.3 is 24.4 Å². The predicted molar refractivity (Wildman–Crippen MR) is 167 cm³/mol. The number of ether oxygens (including phenoxy) is 3. The third-order valence-electron chi connectivity index (χ3n) is 6.91. The molecule has 0 saturated carbocycles. The summed E-state index contributed by atoms with van der Waals surface area (Å²) in [5.74, 6) is 2.03. The van der Waals surface area contributed by atoms with Crippen LogP contribution in [0.15, 0.2) is 97.1 Å². The van der Waals surface area contributed by atoms with E-state index < -0.39 is 5.24 Å². The smallest absolute Gasteiger partial charge is 0.255 e. The zero-order valence-corrected chi connectivity index (χ0v) is 24.8. The van der Waals surface area contributed by atoms with E-state index in [1.165, 1.54) is 7.11 Å². The highest BCUT2D eigenvalue weighted by Gasteiger charge is 2.18. The number of anilines is 1. The Labute approximate surface area is 252 Å². The van der Waals surface area contributed by atoms with Crippen LogP contribution < -0.4 is 19.5 Å². The van der Waals surface area contributed by atoms with Gasteiger partial charge in [0.15, 0.2) is 0 Å². The summed E-state index contributed by atoms with van der Waals surface area (Å²) in [5, 5.41) is 2.50. The molecule has 4 aromatic rings. The summed E-state index contributed by atoms with van der Waals surface area (Å²) in [5.41, 5.74) is 3.87. The van der Waals surface area contributed by atoms with Crippen molar-refractivity contribution in [1.29, 1.82) is 0 Å². The lowest BCUT2D eigenvalue weighted by molar-refractivity contribution is 0.102. The minimum atomic E-state index is -0.469. The van der Waals surface area contributed by atoms with Crippen LogP contribution in [0.2, 0.25) is 0 Å². The van der Waals surface area contributed by atoms with Crippen molar-refractivity contribution in [2.45, 2.75) is 18.9 Å². The SMILES string of the molecule is COc1cccc(C(=O)Cl)c1.COc1cccc(C(=O)Nc2cccc(-c3ccc(OC4CCN(C)CC4)cc3)c2)c1. The molecule has 1 fully saturated rings. The third-order valence-corrected chi connectivity index (χ3v) is 7.12. The molecule has 0 unspecified atom stereocenters. The van der Waals surface area contributed by atoms with Gasteiger partial charge in [-0.15, -0.1) is 0 Å². The highest BCUT2D eigenvalue weighted by Crippen LogP contribution is 2.27. The number of amides is 1. The first-order chi connectivity index (χ1) is 20.3. The summed E-state index contributed by atoms with van der Waals surface area (Å²) < 4.78 is 16.2. The number of carbonyl (C=O) groups is 2. The summed E-state index contributed by atoms with van der Waals surface area (Å²) in [7, 11) is 5.28. The average Bonchev–Trinajstić information content (AvgIpc) is 3.03. The predicted octanol–water partition coefficient (Wildman–Crippen LogP) is 7.16. The Morgan fingerprint density at radius 3 is 1.95 bits per heavy atom. The molecule has 0 radical (unpaired) electrons. The monoisotopic (exact) mass is 586 g/mol. The van der Waals surface area contributed by atoms with E-state index in [4.69, 9.17) is 25.8 Å². The summed E-state index contributed by atoms with van der Waals surface area (Å²) in [6.07, 6.45) is 2.41. The summed E-state index contributed by atoms with van der Waals surface area (Å²) in [6, 6.07) is 29.8. The number of rotatable bonds is 8. The first kappa shape index (κ1) is 30.6. The van der Waals surface area contributed by atoms with Gasteiger partial charge in [0, 0.05) is 29.9 Å². The minimum absolute atomic E-state index is 0.169. The van der Waals surface area contributed by atoms with Crippen molar-refractivity contribution in [3.05, 3.63) is 108 Å². The average molecular weight is 587 g/mol. The minimum Gasteiger partial charge on any atom is -0.497 e. The molecule has 1 aliphatic heterocycles. The summed E-state index contributed by atoms with van der Waals surface area (Å²) in [4.78, 5) is 25.6. The molecule has 8 heteroatoms. The van der Waals surface area contributed by atoms with Gasteiger partial charge in [-0.25, -0.2) is 0 Å². The van der Waals surface area contributed by atoms with E-state index in [2.05, 4.69) is 29.4 Å². The molecule has 0 spiro atoms. The number of hydrogen-bond donors (Lipinski definition) is 1. The highest BCUT2D eigenvalue weighted by atomic mass is 35.5. The van der Waals surface area contributed by atoms with Crippen LogP contribution in [-0.4, -0.2) is 56.5 Å². The van der Waals surface area contributed by atoms with E-state index in [0.29, 0.717) is 22.6 Å². The molecular weight excluding hydrogens is 552 g/mol. The standard InChI is InChI=1S/C26H28N2O3.C8H7ClO2/c1-28-15-13-24(14-16-28)31-23-11-9-19(10-12-23)20-5-3-7-22(17-20)27-26(29)21-6-4-8-25(18-21)30-2;1-11-7-4-2-3-6(5-7)8(9)10/h3-12,17-18,24H,13-16H2,1-2H3,(H,27,29);2-5H,1H3. The Morgan fingerprint density at radius 2 is 1.33 bits per heavy atom. The van der Waals surface area contributed by atoms with E-state index in [1.54, 1.807) is 49.6 Å². The molecule has 1 aliphatic rings. The Bertz CT molecular complexity index is 1480. The maximum absolute atomic E-state index is 12.6. The molecule has 42 heavy (non-hydrogen) atoms. The van der Waals surface area contributed by atoms with Gasteiger partial charge in [0.25, 0.3) is 11.1 Å². The molecule has 0 atom stereocenters. The van der Waals surface area contributed by atoms with E-state index in [-0.39, 0.29) is 12.0 Å². The van der Waals surface area contributed by atoms with Crippen molar-refractivity contribution >= 4 is 28.4 Å². The number of likely N-dealkylation sites (tertiary alicyclic amines) is 1. The van der Waals surface area contributed by atoms with Crippen molar-refractivity contribution in [1.82, 2.24) is 4.90 Å². The van der Waals surface area contributed by atoms with Gasteiger partial charge in [-0.3, -0.25) is 9.59 Å². The molecule has 5 rings (SSSR count). The van der Waals surface area contributed by atoms with Gasteiger partial charge in [-0.05, 0) is 103 Å². The van der Waals surface area contributed by atoms with E-state index in [1.807, 2.05) is 42.5 Å². The molecule has 1 N–H and O–H groups in total. The number of nitrogens with zero attached hydrogens (tertiary/aromatic N) is 1. The fourth-order valence-electron chi connectivity index (χ4n) is 4.51. The van der Waals surface area contributed by atoms with Gasteiger partial charge in [-0.2, -0.15) is 0 Å². The summed E-state index contributed by atoms with van der Waals surface area (Å²) >= 11 is 5.24. The van der Waals surface area contributed by atoms with Crippen molar-refractivity contribution < 1.29 is 23.8 Å². The Hall–Kier alpha value is -4.33. The first-order valence-corrected chi connectivity index (χ1v) is 14.1. The Morgan fingerprint density at radius 1 is 0.738 bits per heavy atom. The lowest BCUT2D eigenvalue weighted by atomic mass is 10.0. The van der Waals surface area contributed by atoms with Crippen LogP contribution in [0.4, 0.5) is 5.69 Å². The third kappa shape index (κ3) is 8.83. The second kappa shape index (κ2) is 15.1. The van der Waals surface area contributed by atoms with E-state index >= 15 is 0 Å². The fourth-order valence-corrected chi connectivity index (χ4v) is 4.63. The second-order valence-electron chi connectivity index (χ2n) is 9.92. The zero-order valence-electron chi connectivity index (χ0n) is 24.0. The quantitative estimate of drug-likeness (QED) is 0.221. The van der Waals surface area contributed by atoms with Gasteiger partial charge >= 0.3 is 0 Å². The summed E-state index contributed by atoms with van der Waals surface area (Å²) in [6.45, 7) is 2.16. The van der Waals surface area contributed by atoms with Crippen LogP contribution >= 0.6 is 11.6 Å². The number of benzene rings is 4. The van der Waals surface area contributed by atoms with Crippen molar-refractivity contribution in [3.63, 3.8) is 0 Å². The number of piperidine rings is 1. The fraction of sp³-hybridized carbons (Fsp3) is 0.235. The highest BCUT2D eigenvalue weighted by molar-refractivity contribution is 6.67. The largest absolute Gasteiger partial charge is 0.497 e. The maximum atomic E-state index is 12.6. The number of halogens is 1. The molecule has 4 aromatic carbocycles. The van der Waals surface area contributed by atoms with Crippen molar-refractivity contribution in [2.75, 3.05) is 39.7 Å². The second-order valence-corrected chi connectivity index (χ2v) is 10.3. The molecule has 0 aromatic heterocycles. The van der Waals surface area contributed by atoms with Crippen LogP contribution in [0.25, 0.3) is 11.1 Å². The number of nitrogens with one attached hydrogen (secondary N) is 1. The number of methoxy groups -OCH3 is 2. The van der Waals surface area contributed by atoms with Gasteiger partial charge in [0.2, 0.25) is 0 Å². The first-order valence-electron chi connectivity index (χ1n) is 13.7. The molecule has 0 aliphatic carbocycles. The molecule has 1 heterocycles. The van der Waals surface area contributed by atoms with Crippen LogP contribution in [0.3, 0.4) is 0 Å². The molecular formula is C34H35ClN2O5. The maximum Gasteiger partial charge on any atom is 0.255 e. The zero-order chi connectivity index (χ0) is 29.9. The van der Waals surface area contributed by atoms with Crippen LogP contribution in [0, 0.1) is 0 Å². The van der Waals surface area contributed by atoms with Crippen molar-refractivity contribution in [3.8, 4) is 28.4 Å². The van der Waals surface area contributed by atoms with Gasteiger partial charge in [0.05, 0.1) is 14.2 Å². The molecule has 1 saturated heterocycles. The van der Waals surface area contributed by atoms with E-state index in [9.17, 15) is 9.59 Å². The number of carbonyl (C=O) groups excluding carboxylic acids is 2. The molecule has 0 bridgehead atoms. The Balaban J connectivity index is 0.000000310. The molecule has 218 valence electrons. The van der Waals surface area contributed by atoms with E-state index in [0.717, 1.165) is 48.5 Å². The Kier molecular flexibility index (Phi) is 11.0. The van der Waals surface area contributed by atoms with Crippen LogP contribution in [0.5, 0.6) is 17.2 Å². The van der Waals surface area contributed by atoms with Gasteiger partial charge in [-0.1, -0.05) is 36.4 Å².